The fourth-order valence-corrected chi connectivity index (χ4v) is 1.47. The second kappa shape index (κ2) is 3.82. The normalized spacial score (nSPS) is 12.5. The zero-order chi connectivity index (χ0) is 11.7. The number of benzene rings is 1. The molecule has 1 aromatic carbocycles. The zero-order valence-corrected chi connectivity index (χ0v) is 8.79. The van der Waals surface area contributed by atoms with Crippen LogP contribution in [0.25, 0.3) is 0 Å². The minimum absolute atomic E-state index is 0.235. The molecule has 2 aromatic rings. The van der Waals surface area contributed by atoms with E-state index in [0.717, 1.165) is 0 Å². The Balaban J connectivity index is 1.86. The molecule has 0 radical (unpaired) electrons. The molecule has 6 nitrogen and oxygen atoms in total. The Bertz CT molecular complexity index is 559. The Kier molecular flexibility index (Phi) is 2.18. The number of nitrogen functional groups attached to an aromatic ring is 1. The van der Waals surface area contributed by atoms with Crippen molar-refractivity contribution in [2.45, 2.75) is 0 Å². The molecular weight excluding hydrogens is 222 g/mol. The molecule has 1 aromatic heterocycles. The van der Waals surface area contributed by atoms with E-state index in [2.05, 4.69) is 9.97 Å². The topological polar surface area (TPSA) is 79.5 Å². The second-order valence-electron chi connectivity index (χ2n) is 3.40. The maximum Gasteiger partial charge on any atom is 0.231 e. The number of fused-ring (bicyclic) bond motifs is 1. The van der Waals surface area contributed by atoms with E-state index in [-0.39, 0.29) is 6.79 Å². The van der Waals surface area contributed by atoms with Gasteiger partial charge in [0, 0.05) is 12.1 Å². The van der Waals surface area contributed by atoms with Crippen LogP contribution in [0.3, 0.4) is 0 Å². The van der Waals surface area contributed by atoms with Crippen LogP contribution in [-0.4, -0.2) is 16.8 Å². The number of nitrogens with zero attached hydrogens (tertiary/aromatic N) is 2. The Morgan fingerprint density at radius 1 is 1.12 bits per heavy atom. The van der Waals surface area contributed by atoms with Crippen LogP contribution >= 0.6 is 0 Å². The van der Waals surface area contributed by atoms with Gasteiger partial charge in [-0.25, -0.2) is 9.97 Å². The van der Waals surface area contributed by atoms with Crippen LogP contribution in [0.2, 0.25) is 0 Å². The largest absolute Gasteiger partial charge is 0.454 e. The zero-order valence-electron chi connectivity index (χ0n) is 8.79. The summed E-state index contributed by atoms with van der Waals surface area (Å²) >= 11 is 0. The first-order chi connectivity index (χ1) is 8.31. The Morgan fingerprint density at radius 2 is 2.00 bits per heavy atom. The summed E-state index contributed by atoms with van der Waals surface area (Å²) < 4.78 is 16.0. The second-order valence-corrected chi connectivity index (χ2v) is 3.40. The van der Waals surface area contributed by atoms with Crippen LogP contribution in [0.4, 0.5) is 5.82 Å². The summed E-state index contributed by atoms with van der Waals surface area (Å²) in [7, 11) is 0. The van der Waals surface area contributed by atoms with Crippen molar-refractivity contribution in [3.05, 3.63) is 30.6 Å². The molecule has 3 rings (SSSR count). The predicted molar refractivity (Wildman–Crippen MR) is 59.1 cm³/mol. The highest BCUT2D eigenvalue weighted by atomic mass is 16.7. The summed E-state index contributed by atoms with van der Waals surface area (Å²) in [5.41, 5.74) is 5.53. The maximum absolute atomic E-state index is 5.53. The number of anilines is 1. The molecule has 0 unspecified atom stereocenters. The van der Waals surface area contributed by atoms with E-state index in [1.165, 1.54) is 6.33 Å². The van der Waals surface area contributed by atoms with Crippen molar-refractivity contribution in [2.75, 3.05) is 12.5 Å². The van der Waals surface area contributed by atoms with Gasteiger partial charge in [-0.1, -0.05) is 0 Å². The molecule has 0 spiro atoms. The molecule has 6 heteroatoms. The Hall–Kier alpha value is -2.50. The van der Waals surface area contributed by atoms with E-state index < -0.39 is 0 Å². The van der Waals surface area contributed by atoms with Gasteiger partial charge in [-0.15, -0.1) is 0 Å². The molecule has 1 aliphatic heterocycles. The highest BCUT2D eigenvalue weighted by Crippen LogP contribution is 2.36. The molecule has 1 aliphatic rings. The van der Waals surface area contributed by atoms with E-state index in [1.54, 1.807) is 24.3 Å². The van der Waals surface area contributed by atoms with Crippen molar-refractivity contribution in [1.82, 2.24) is 9.97 Å². The van der Waals surface area contributed by atoms with Gasteiger partial charge in [0.1, 0.15) is 17.9 Å². The van der Waals surface area contributed by atoms with E-state index >= 15 is 0 Å². The average Bonchev–Trinajstić information content (AvgIpc) is 2.76. The standard InChI is InChI=1S/C11H9N3O3/c12-10-4-11(14-5-13-10)17-7-1-2-8-9(3-7)16-6-15-8/h1-5H,6H2,(H2,12,13,14). The van der Waals surface area contributed by atoms with Gasteiger partial charge in [0.05, 0.1) is 0 Å². The quantitative estimate of drug-likeness (QED) is 0.845. The smallest absolute Gasteiger partial charge is 0.231 e. The number of aromatic nitrogens is 2. The molecule has 0 aliphatic carbocycles. The van der Waals surface area contributed by atoms with Crippen LogP contribution in [0.5, 0.6) is 23.1 Å². The molecule has 2 N–H and O–H groups in total. The summed E-state index contributed by atoms with van der Waals surface area (Å²) in [5, 5.41) is 0. The fourth-order valence-electron chi connectivity index (χ4n) is 1.47. The van der Waals surface area contributed by atoms with Gasteiger partial charge in [0.15, 0.2) is 11.5 Å². The molecule has 0 amide bonds. The Morgan fingerprint density at radius 3 is 2.88 bits per heavy atom. The fraction of sp³-hybridized carbons (Fsp3) is 0.0909. The first kappa shape index (κ1) is 9.71. The monoisotopic (exact) mass is 231 g/mol. The molecule has 17 heavy (non-hydrogen) atoms. The molecule has 2 heterocycles. The third kappa shape index (κ3) is 1.92. The van der Waals surface area contributed by atoms with E-state index in [1.807, 2.05) is 0 Å². The number of rotatable bonds is 2. The lowest BCUT2D eigenvalue weighted by atomic mass is 10.3. The van der Waals surface area contributed by atoms with Crippen molar-refractivity contribution < 1.29 is 14.2 Å². The number of ether oxygens (including phenoxy) is 3. The van der Waals surface area contributed by atoms with Crippen LogP contribution in [-0.2, 0) is 0 Å². The van der Waals surface area contributed by atoms with E-state index in [4.69, 9.17) is 19.9 Å². The van der Waals surface area contributed by atoms with E-state index in [0.29, 0.717) is 28.9 Å². The van der Waals surface area contributed by atoms with Gasteiger partial charge in [-0.2, -0.15) is 0 Å². The number of hydrogen-bond donors (Lipinski definition) is 1. The van der Waals surface area contributed by atoms with Crippen LogP contribution < -0.4 is 19.9 Å². The van der Waals surface area contributed by atoms with Gasteiger partial charge < -0.3 is 19.9 Å². The number of hydrogen-bond acceptors (Lipinski definition) is 6. The lowest BCUT2D eigenvalue weighted by Crippen LogP contribution is -1.94. The molecule has 0 fully saturated rings. The minimum atomic E-state index is 0.235. The van der Waals surface area contributed by atoms with Gasteiger partial charge in [-0.3, -0.25) is 0 Å². The predicted octanol–water partition coefficient (Wildman–Crippen LogP) is 1.58. The van der Waals surface area contributed by atoms with Crippen LogP contribution in [0.1, 0.15) is 0 Å². The minimum Gasteiger partial charge on any atom is -0.454 e. The highest BCUT2D eigenvalue weighted by Gasteiger charge is 2.14. The van der Waals surface area contributed by atoms with Crippen LogP contribution in [0.15, 0.2) is 30.6 Å². The first-order valence-corrected chi connectivity index (χ1v) is 4.96. The van der Waals surface area contributed by atoms with Gasteiger partial charge in [0.25, 0.3) is 0 Å². The lowest BCUT2D eigenvalue weighted by Gasteiger charge is -2.05. The van der Waals surface area contributed by atoms with Gasteiger partial charge in [-0.05, 0) is 12.1 Å². The highest BCUT2D eigenvalue weighted by molar-refractivity contribution is 5.47. The molecular formula is C11H9N3O3. The van der Waals surface area contributed by atoms with Gasteiger partial charge >= 0.3 is 0 Å². The molecule has 0 saturated heterocycles. The van der Waals surface area contributed by atoms with Crippen molar-refractivity contribution in [3.63, 3.8) is 0 Å². The van der Waals surface area contributed by atoms with Crippen molar-refractivity contribution >= 4 is 5.82 Å². The molecule has 0 atom stereocenters. The summed E-state index contributed by atoms with van der Waals surface area (Å²) in [4.78, 5) is 7.72. The molecule has 0 bridgehead atoms. The summed E-state index contributed by atoms with van der Waals surface area (Å²) in [5.74, 6) is 2.71. The number of nitrogens with two attached hydrogens (primary N) is 1. The third-order valence-electron chi connectivity index (χ3n) is 2.23. The average molecular weight is 231 g/mol. The summed E-state index contributed by atoms with van der Waals surface area (Å²) in [6.07, 6.45) is 1.34. The van der Waals surface area contributed by atoms with Crippen molar-refractivity contribution in [3.8, 4) is 23.1 Å². The third-order valence-corrected chi connectivity index (χ3v) is 2.23. The molecule has 86 valence electrons. The van der Waals surface area contributed by atoms with Gasteiger partial charge in [0.2, 0.25) is 12.7 Å². The van der Waals surface area contributed by atoms with Crippen molar-refractivity contribution in [2.24, 2.45) is 0 Å². The summed E-state index contributed by atoms with van der Waals surface area (Å²) in [6, 6.07) is 6.83. The van der Waals surface area contributed by atoms with Crippen LogP contribution in [0, 0.1) is 0 Å². The van der Waals surface area contributed by atoms with Crippen molar-refractivity contribution in [1.29, 1.82) is 0 Å². The lowest BCUT2D eigenvalue weighted by molar-refractivity contribution is 0.174. The van der Waals surface area contributed by atoms with E-state index in [9.17, 15) is 0 Å². The maximum atomic E-state index is 5.53. The summed E-state index contributed by atoms with van der Waals surface area (Å²) in [6.45, 7) is 0.235. The Labute approximate surface area is 97.0 Å². The molecule has 0 saturated carbocycles. The first-order valence-electron chi connectivity index (χ1n) is 4.96. The SMILES string of the molecule is Nc1cc(Oc2ccc3c(c2)OCO3)ncn1.